The first-order chi connectivity index (χ1) is 16.5. The molecule has 0 aromatic heterocycles. The molecule has 0 fully saturated rings. The van der Waals surface area contributed by atoms with Gasteiger partial charge in [0.25, 0.3) is 0 Å². The van der Waals surface area contributed by atoms with Gasteiger partial charge in [0.15, 0.2) is 0 Å². The molecule has 2 unspecified atom stereocenters. The van der Waals surface area contributed by atoms with Gasteiger partial charge in [-0.25, -0.2) is 0 Å². The van der Waals surface area contributed by atoms with Gasteiger partial charge in [0.1, 0.15) is 11.2 Å². The minimum absolute atomic E-state index is 0.0736. The van der Waals surface area contributed by atoms with Crippen LogP contribution in [-0.4, -0.2) is 38.3 Å². The largest absolute Gasteiger partial charge is 0.467 e. The zero-order valence-corrected chi connectivity index (χ0v) is 20.1. The van der Waals surface area contributed by atoms with Crippen LogP contribution in [0.5, 0.6) is 0 Å². The first-order valence-corrected chi connectivity index (χ1v) is 11.7. The predicted molar refractivity (Wildman–Crippen MR) is 121 cm³/mol. The molecule has 194 valence electrons. The van der Waals surface area contributed by atoms with Crippen LogP contribution >= 0.6 is 0 Å². The molecule has 2 aromatic carbocycles. The summed E-state index contributed by atoms with van der Waals surface area (Å²) in [5.41, 5.74) is 1.57. The van der Waals surface area contributed by atoms with Crippen molar-refractivity contribution in [3.05, 3.63) is 59.7 Å². The van der Waals surface area contributed by atoms with Gasteiger partial charge in [-0.05, 0) is 47.9 Å². The van der Waals surface area contributed by atoms with Gasteiger partial charge in [-0.2, -0.15) is 26.3 Å². The van der Waals surface area contributed by atoms with E-state index < -0.39 is 35.2 Å². The van der Waals surface area contributed by atoms with E-state index in [2.05, 4.69) is 0 Å². The summed E-state index contributed by atoms with van der Waals surface area (Å²) in [5, 5.41) is 0. The van der Waals surface area contributed by atoms with Crippen LogP contribution in [0.4, 0.5) is 26.3 Å². The topological polar surface area (TPSA) is 21.7 Å². The second-order valence-electron chi connectivity index (χ2n) is 8.80. The molecule has 2 aromatic rings. The van der Waals surface area contributed by atoms with E-state index in [4.69, 9.17) is 9.47 Å². The number of fused-ring (bicyclic) bond motifs is 3. The number of benzene rings is 2. The third-order valence-electron chi connectivity index (χ3n) is 7.02. The summed E-state index contributed by atoms with van der Waals surface area (Å²) < 4.78 is 90.4. The Morgan fingerprint density at radius 1 is 0.686 bits per heavy atom. The van der Waals surface area contributed by atoms with Crippen LogP contribution in [0.15, 0.2) is 48.5 Å². The molecule has 3 rings (SSSR count). The quantitative estimate of drug-likeness (QED) is 0.188. The van der Waals surface area contributed by atoms with Crippen LogP contribution in [0.1, 0.15) is 56.6 Å². The van der Waals surface area contributed by atoms with Gasteiger partial charge in [-0.3, -0.25) is 0 Å². The van der Waals surface area contributed by atoms with Crippen molar-refractivity contribution < 1.29 is 35.8 Å². The standard InChI is InChI=1S/C26H31F6NO2/c1-4-5-16-23(34-2)21-14-8-6-12-19(21)20-13-7-9-15-22(20)24(23,35-3)17-10-11-18-33(25(27,28)29)26(30,31)32/h6-9,12-15H,4-5,10-11,16-18H2,1-3H3. The Labute approximate surface area is 202 Å². The van der Waals surface area contributed by atoms with E-state index in [1.807, 2.05) is 55.5 Å². The molecule has 0 saturated carbocycles. The lowest BCUT2D eigenvalue weighted by atomic mass is 9.61. The molecule has 9 heteroatoms. The van der Waals surface area contributed by atoms with Crippen molar-refractivity contribution >= 4 is 0 Å². The monoisotopic (exact) mass is 503 g/mol. The van der Waals surface area contributed by atoms with Crippen LogP contribution in [0, 0.1) is 0 Å². The van der Waals surface area contributed by atoms with Gasteiger partial charge in [-0.1, -0.05) is 68.3 Å². The molecule has 0 amide bonds. The number of unbranched alkanes of at least 4 members (excludes halogenated alkanes) is 2. The first kappa shape index (κ1) is 27.5. The van der Waals surface area contributed by atoms with Crippen molar-refractivity contribution in [2.75, 3.05) is 20.8 Å². The van der Waals surface area contributed by atoms with Gasteiger partial charge in [0, 0.05) is 20.8 Å². The summed E-state index contributed by atoms with van der Waals surface area (Å²) in [4.78, 5) is -1.37. The predicted octanol–water partition coefficient (Wildman–Crippen LogP) is 7.75. The summed E-state index contributed by atoms with van der Waals surface area (Å²) >= 11 is 0. The number of rotatable bonds is 10. The highest BCUT2D eigenvalue weighted by Gasteiger charge is 2.58. The number of hydrogen-bond acceptors (Lipinski definition) is 3. The summed E-state index contributed by atoms with van der Waals surface area (Å²) in [6.45, 7) is 0.864. The third-order valence-corrected chi connectivity index (χ3v) is 7.02. The normalized spacial score (nSPS) is 22.2. The van der Waals surface area contributed by atoms with Crippen molar-refractivity contribution in [1.29, 1.82) is 0 Å². The molecule has 35 heavy (non-hydrogen) atoms. The molecule has 0 saturated heterocycles. The van der Waals surface area contributed by atoms with Crippen molar-refractivity contribution in [3.63, 3.8) is 0 Å². The molecule has 0 aliphatic heterocycles. The third kappa shape index (κ3) is 4.95. The maximum absolute atomic E-state index is 13.0. The minimum Gasteiger partial charge on any atom is -0.370 e. The number of methoxy groups -OCH3 is 2. The van der Waals surface area contributed by atoms with Crippen LogP contribution in [0.2, 0.25) is 0 Å². The highest BCUT2D eigenvalue weighted by molar-refractivity contribution is 5.76. The lowest BCUT2D eigenvalue weighted by molar-refractivity contribution is -0.372. The highest BCUT2D eigenvalue weighted by Crippen LogP contribution is 2.59. The van der Waals surface area contributed by atoms with Gasteiger partial charge >= 0.3 is 12.6 Å². The summed E-state index contributed by atoms with van der Waals surface area (Å²) in [5.74, 6) is 0. The Bertz CT molecular complexity index is 978. The van der Waals surface area contributed by atoms with Gasteiger partial charge in [0.2, 0.25) is 0 Å². The minimum atomic E-state index is -5.50. The Morgan fingerprint density at radius 2 is 1.11 bits per heavy atom. The molecular formula is C26H31F6NO2. The van der Waals surface area contributed by atoms with Crippen molar-refractivity contribution in [2.45, 2.75) is 69.3 Å². The van der Waals surface area contributed by atoms with Crippen molar-refractivity contribution in [3.8, 4) is 11.1 Å². The van der Waals surface area contributed by atoms with Gasteiger partial charge in [0.05, 0.1) is 0 Å². The molecule has 0 spiro atoms. The second kappa shape index (κ2) is 10.5. The molecule has 0 heterocycles. The molecule has 0 bridgehead atoms. The fourth-order valence-electron chi connectivity index (χ4n) is 5.47. The Hall–Kier alpha value is -2.10. The highest BCUT2D eigenvalue weighted by atomic mass is 19.4. The Kier molecular flexibility index (Phi) is 8.23. The van der Waals surface area contributed by atoms with E-state index in [-0.39, 0.29) is 19.3 Å². The second-order valence-corrected chi connectivity index (χ2v) is 8.80. The van der Waals surface area contributed by atoms with E-state index in [9.17, 15) is 26.3 Å². The van der Waals surface area contributed by atoms with Crippen LogP contribution in [0.3, 0.4) is 0 Å². The average molecular weight is 504 g/mol. The van der Waals surface area contributed by atoms with Crippen LogP contribution < -0.4 is 0 Å². The van der Waals surface area contributed by atoms with Crippen molar-refractivity contribution in [2.24, 2.45) is 0 Å². The number of hydrogen-bond donors (Lipinski definition) is 0. The molecular weight excluding hydrogens is 472 g/mol. The molecule has 0 radical (unpaired) electrons. The molecule has 1 aliphatic rings. The summed E-state index contributed by atoms with van der Waals surface area (Å²) in [7, 11) is 3.12. The average Bonchev–Trinajstić information content (AvgIpc) is 2.81. The molecule has 1 aliphatic carbocycles. The fourth-order valence-corrected chi connectivity index (χ4v) is 5.47. The lowest BCUT2D eigenvalue weighted by Crippen LogP contribution is -2.54. The molecule has 2 atom stereocenters. The van der Waals surface area contributed by atoms with Crippen LogP contribution in [0.25, 0.3) is 11.1 Å². The van der Waals surface area contributed by atoms with E-state index >= 15 is 0 Å². The zero-order valence-electron chi connectivity index (χ0n) is 20.1. The van der Waals surface area contributed by atoms with Crippen molar-refractivity contribution in [1.82, 2.24) is 4.90 Å². The Balaban J connectivity index is 2.03. The Morgan fingerprint density at radius 3 is 1.51 bits per heavy atom. The van der Waals surface area contributed by atoms with E-state index in [1.54, 1.807) is 7.11 Å². The summed E-state index contributed by atoms with van der Waals surface area (Å²) in [6.07, 6.45) is -8.79. The number of halogens is 6. The first-order valence-electron chi connectivity index (χ1n) is 11.7. The molecule has 0 N–H and O–H groups in total. The summed E-state index contributed by atoms with van der Waals surface area (Å²) in [6, 6.07) is 15.4. The van der Waals surface area contributed by atoms with E-state index in [0.29, 0.717) is 6.42 Å². The number of alkyl halides is 6. The number of ether oxygens (including phenoxy) is 2. The number of nitrogens with zero attached hydrogens (tertiary/aromatic N) is 1. The fraction of sp³-hybridized carbons (Fsp3) is 0.538. The SMILES string of the molecule is CCCCC1(OC)c2ccccc2-c2ccccc2C1(CCCCN(C(F)(F)F)C(F)(F)F)OC. The maximum Gasteiger partial charge on any atom is 0.467 e. The van der Waals surface area contributed by atoms with E-state index in [1.165, 1.54) is 7.11 Å². The smallest absolute Gasteiger partial charge is 0.370 e. The lowest BCUT2D eigenvalue weighted by Gasteiger charge is -2.53. The van der Waals surface area contributed by atoms with Crippen LogP contribution in [-0.2, 0) is 20.7 Å². The van der Waals surface area contributed by atoms with Gasteiger partial charge < -0.3 is 9.47 Å². The van der Waals surface area contributed by atoms with E-state index in [0.717, 1.165) is 35.1 Å². The maximum atomic E-state index is 13.0. The molecule has 3 nitrogen and oxygen atoms in total. The van der Waals surface area contributed by atoms with Gasteiger partial charge in [-0.15, -0.1) is 4.90 Å². The zero-order chi connectivity index (χ0) is 25.9.